The van der Waals surface area contributed by atoms with Crippen molar-refractivity contribution in [3.05, 3.63) is 193 Å². The summed E-state index contributed by atoms with van der Waals surface area (Å²) in [5, 5.41) is 30.3. The monoisotopic (exact) mass is 812 g/mol. The maximum Gasteiger partial charge on any atom is 0.128 e. The highest BCUT2D eigenvalue weighted by atomic mass is 16.5. The van der Waals surface area contributed by atoms with E-state index in [1.54, 1.807) is 0 Å². The van der Waals surface area contributed by atoms with Gasteiger partial charge in [-0.2, -0.15) is 0 Å². The van der Waals surface area contributed by atoms with Crippen molar-refractivity contribution in [2.45, 2.75) is 13.2 Å². The number of aliphatic hydroxyl groups is 2. The van der Waals surface area contributed by atoms with Crippen LogP contribution in [0.1, 0.15) is 11.1 Å². The number of hydrogen-bond acceptors (Lipinski definition) is 6. The summed E-state index contributed by atoms with van der Waals surface area (Å²) in [6, 6.07) is 62.4. The van der Waals surface area contributed by atoms with Gasteiger partial charge in [-0.1, -0.05) is 146 Å². The van der Waals surface area contributed by atoms with E-state index in [4.69, 9.17) is 18.9 Å². The molecule has 0 aliphatic rings. The Morgan fingerprint density at radius 1 is 0.290 bits per heavy atom. The smallest absolute Gasteiger partial charge is 0.128 e. The molecule has 62 heavy (non-hydrogen) atoms. The lowest BCUT2D eigenvalue weighted by atomic mass is 9.92. The predicted octanol–water partition coefficient (Wildman–Crippen LogP) is 12.7. The zero-order valence-corrected chi connectivity index (χ0v) is 34.1. The SMILES string of the molecule is OCCOc1ccc2ccccc2c1-c1c(OCc2cc3ccccc3cc2COc2ccc3ccccc3c2-c2c(OCCO)ccc3ccccc23)ccc2ccccc12. The fraction of sp³-hybridized carbons (Fsp3) is 0.107. The number of fused-ring (bicyclic) bond motifs is 5. The third-order valence-electron chi connectivity index (χ3n) is 11.6. The molecule has 0 heterocycles. The van der Waals surface area contributed by atoms with Gasteiger partial charge in [0.05, 0.1) is 13.2 Å². The Hall–Kier alpha value is -7.38. The van der Waals surface area contributed by atoms with Crippen LogP contribution in [0.25, 0.3) is 76.1 Å². The summed E-state index contributed by atoms with van der Waals surface area (Å²) in [5.74, 6) is 2.80. The van der Waals surface area contributed by atoms with Crippen LogP contribution < -0.4 is 18.9 Å². The van der Waals surface area contributed by atoms with Gasteiger partial charge < -0.3 is 29.2 Å². The summed E-state index contributed by atoms with van der Waals surface area (Å²) in [6.07, 6.45) is 0. The third kappa shape index (κ3) is 7.40. The molecule has 2 N–H and O–H groups in total. The highest BCUT2D eigenvalue weighted by Gasteiger charge is 2.22. The molecule has 10 aromatic carbocycles. The molecule has 0 unspecified atom stereocenters. The largest absolute Gasteiger partial charge is 0.491 e. The van der Waals surface area contributed by atoms with Crippen molar-refractivity contribution in [1.82, 2.24) is 0 Å². The average molecular weight is 813 g/mol. The van der Waals surface area contributed by atoms with E-state index in [0.29, 0.717) is 11.5 Å². The summed E-state index contributed by atoms with van der Waals surface area (Å²) in [4.78, 5) is 0. The molecular weight excluding hydrogens is 769 g/mol. The molecule has 0 aromatic heterocycles. The number of rotatable bonds is 14. The summed E-state index contributed by atoms with van der Waals surface area (Å²) in [5.41, 5.74) is 5.70. The van der Waals surface area contributed by atoms with E-state index >= 15 is 0 Å². The molecule has 0 spiro atoms. The molecule has 0 aliphatic heterocycles. The highest BCUT2D eigenvalue weighted by molar-refractivity contribution is 6.11. The molecule has 6 heteroatoms. The van der Waals surface area contributed by atoms with Gasteiger partial charge in [-0.05, 0) is 101 Å². The van der Waals surface area contributed by atoms with Crippen LogP contribution in [0.5, 0.6) is 23.0 Å². The Kier molecular flexibility index (Phi) is 10.8. The topological polar surface area (TPSA) is 77.4 Å². The molecule has 0 fully saturated rings. The van der Waals surface area contributed by atoms with E-state index in [1.165, 1.54) is 0 Å². The van der Waals surface area contributed by atoms with Crippen LogP contribution in [-0.4, -0.2) is 36.6 Å². The van der Waals surface area contributed by atoms with E-state index in [0.717, 1.165) is 98.7 Å². The second-order valence-electron chi connectivity index (χ2n) is 15.3. The number of benzene rings is 10. The molecule has 0 saturated heterocycles. The Morgan fingerprint density at radius 2 is 0.565 bits per heavy atom. The lowest BCUT2D eigenvalue weighted by molar-refractivity contribution is 0.202. The molecule has 10 aromatic rings. The number of aliphatic hydroxyl groups excluding tert-OH is 2. The molecule has 0 saturated carbocycles. The highest BCUT2D eigenvalue weighted by Crippen LogP contribution is 2.47. The van der Waals surface area contributed by atoms with Crippen LogP contribution in [0.15, 0.2) is 182 Å². The van der Waals surface area contributed by atoms with Crippen molar-refractivity contribution < 1.29 is 29.2 Å². The van der Waals surface area contributed by atoms with Gasteiger partial charge in [0.25, 0.3) is 0 Å². The average Bonchev–Trinajstić information content (AvgIpc) is 3.33. The summed E-state index contributed by atoms with van der Waals surface area (Å²) in [6.45, 7) is 0.698. The van der Waals surface area contributed by atoms with Gasteiger partial charge in [-0.15, -0.1) is 0 Å². The maximum atomic E-state index is 9.79. The lowest BCUT2D eigenvalue weighted by Gasteiger charge is -2.21. The zero-order valence-electron chi connectivity index (χ0n) is 34.1. The van der Waals surface area contributed by atoms with E-state index < -0.39 is 0 Å². The van der Waals surface area contributed by atoms with Crippen molar-refractivity contribution in [2.24, 2.45) is 0 Å². The van der Waals surface area contributed by atoms with Gasteiger partial charge in [-0.3, -0.25) is 0 Å². The molecular formula is C56H44O6. The second kappa shape index (κ2) is 17.3. The van der Waals surface area contributed by atoms with Gasteiger partial charge in [-0.25, -0.2) is 0 Å². The predicted molar refractivity (Wildman–Crippen MR) is 252 cm³/mol. The van der Waals surface area contributed by atoms with Crippen molar-refractivity contribution in [2.75, 3.05) is 26.4 Å². The summed E-state index contributed by atoms with van der Waals surface area (Å²) < 4.78 is 26.4. The van der Waals surface area contributed by atoms with E-state index in [1.807, 2.05) is 48.5 Å². The van der Waals surface area contributed by atoms with Crippen LogP contribution in [0.3, 0.4) is 0 Å². The third-order valence-corrected chi connectivity index (χ3v) is 11.6. The molecule has 304 valence electrons. The Balaban J connectivity index is 1.08. The minimum absolute atomic E-state index is 0.0979. The van der Waals surface area contributed by atoms with Crippen molar-refractivity contribution >= 4 is 53.9 Å². The van der Waals surface area contributed by atoms with Crippen LogP contribution in [0, 0.1) is 0 Å². The fourth-order valence-electron chi connectivity index (χ4n) is 8.74. The van der Waals surface area contributed by atoms with E-state index in [9.17, 15) is 10.2 Å². The standard InChI is InChI=1S/C56H44O6/c57-29-31-59-49-25-21-37-11-3-7-17-45(37)53(49)55-47-19-9-5-13-39(47)23-27-51(55)61-35-43-33-41-15-1-2-16-42(41)34-44(43)36-62-52-28-24-40-14-6-10-20-48(40)56(52)54-46-18-8-4-12-38(46)22-26-50(54)60-32-30-58/h1-28,33-34,57-58H,29-32,35-36H2. The molecule has 0 bridgehead atoms. The molecule has 0 amide bonds. The van der Waals surface area contributed by atoms with Crippen molar-refractivity contribution in [3.63, 3.8) is 0 Å². The molecule has 0 atom stereocenters. The first-order valence-corrected chi connectivity index (χ1v) is 21.0. The summed E-state index contributed by atoms with van der Waals surface area (Å²) in [7, 11) is 0. The van der Waals surface area contributed by atoms with Gasteiger partial charge in [0, 0.05) is 22.3 Å². The number of hydrogen-bond donors (Lipinski definition) is 2. The number of ether oxygens (including phenoxy) is 4. The lowest BCUT2D eigenvalue weighted by Crippen LogP contribution is -2.07. The Morgan fingerprint density at radius 3 is 0.871 bits per heavy atom. The first-order chi connectivity index (χ1) is 30.7. The quantitative estimate of drug-likeness (QED) is 0.114. The second-order valence-corrected chi connectivity index (χ2v) is 15.3. The van der Waals surface area contributed by atoms with Crippen molar-refractivity contribution in [1.29, 1.82) is 0 Å². The van der Waals surface area contributed by atoms with Gasteiger partial charge >= 0.3 is 0 Å². The minimum Gasteiger partial charge on any atom is -0.491 e. The van der Waals surface area contributed by atoms with Crippen LogP contribution >= 0.6 is 0 Å². The van der Waals surface area contributed by atoms with E-state index in [2.05, 4.69) is 133 Å². The fourth-order valence-corrected chi connectivity index (χ4v) is 8.74. The molecule has 0 aliphatic carbocycles. The Bertz CT molecular complexity index is 3030. The van der Waals surface area contributed by atoms with Gasteiger partial charge in [0.2, 0.25) is 0 Å². The van der Waals surface area contributed by atoms with Crippen LogP contribution in [0.2, 0.25) is 0 Å². The van der Waals surface area contributed by atoms with E-state index in [-0.39, 0.29) is 39.6 Å². The maximum absolute atomic E-state index is 9.79. The molecule has 10 rings (SSSR count). The van der Waals surface area contributed by atoms with Crippen molar-refractivity contribution in [3.8, 4) is 45.3 Å². The van der Waals surface area contributed by atoms with Gasteiger partial charge in [0.1, 0.15) is 49.4 Å². The van der Waals surface area contributed by atoms with Crippen LogP contribution in [0.4, 0.5) is 0 Å². The summed E-state index contributed by atoms with van der Waals surface area (Å²) >= 11 is 0. The zero-order chi connectivity index (χ0) is 41.8. The molecule has 0 radical (unpaired) electrons. The molecule has 6 nitrogen and oxygen atoms in total. The van der Waals surface area contributed by atoms with Gasteiger partial charge in [0.15, 0.2) is 0 Å². The normalized spacial score (nSPS) is 11.5. The minimum atomic E-state index is -0.0979. The first-order valence-electron chi connectivity index (χ1n) is 21.0. The first kappa shape index (κ1) is 38.8. The Labute approximate surface area is 359 Å². The van der Waals surface area contributed by atoms with Crippen LogP contribution in [-0.2, 0) is 13.2 Å².